The van der Waals surface area contributed by atoms with E-state index < -0.39 is 0 Å². The number of hydrogen-bond acceptors (Lipinski definition) is 3. The number of furan rings is 1. The number of aromatic amines is 1. The van der Waals surface area contributed by atoms with E-state index in [0.29, 0.717) is 23.8 Å². The highest BCUT2D eigenvalue weighted by atomic mass is 32.1. The molecule has 0 saturated carbocycles. The first-order valence-corrected chi connectivity index (χ1v) is 9.07. The smallest absolute Gasteiger partial charge is 0.253 e. The van der Waals surface area contributed by atoms with Gasteiger partial charge in [0.05, 0.1) is 24.9 Å². The van der Waals surface area contributed by atoms with Gasteiger partial charge in [0, 0.05) is 12.1 Å². The Labute approximate surface area is 158 Å². The van der Waals surface area contributed by atoms with Crippen LogP contribution in [-0.4, -0.2) is 21.5 Å². The molecule has 0 aliphatic heterocycles. The molecule has 2 heterocycles. The quantitative estimate of drug-likeness (QED) is 0.673. The Hall–Kier alpha value is -2.60. The van der Waals surface area contributed by atoms with E-state index in [4.69, 9.17) is 16.6 Å². The molecule has 0 atom stereocenters. The Morgan fingerprint density at radius 2 is 2.08 bits per heavy atom. The fourth-order valence-electron chi connectivity index (χ4n) is 3.11. The Morgan fingerprint density at radius 1 is 1.27 bits per heavy atom. The van der Waals surface area contributed by atoms with Crippen molar-refractivity contribution in [2.45, 2.75) is 33.9 Å². The molecule has 0 amide bonds. The number of benzene rings is 1. The number of fused-ring (bicyclic) bond motifs is 1. The largest absolute Gasteiger partial charge is 0.467 e. The van der Waals surface area contributed by atoms with Crippen molar-refractivity contribution in [2.75, 3.05) is 6.54 Å². The number of hydrogen-bond donors (Lipinski definition) is 2. The molecule has 2 N–H and O–H groups in total. The molecule has 3 aromatic rings. The van der Waals surface area contributed by atoms with Crippen LogP contribution in [0.3, 0.4) is 0 Å². The van der Waals surface area contributed by atoms with Gasteiger partial charge in [-0.25, -0.2) is 0 Å². The van der Waals surface area contributed by atoms with E-state index >= 15 is 0 Å². The summed E-state index contributed by atoms with van der Waals surface area (Å²) in [5.41, 5.74) is 3.71. The van der Waals surface area contributed by atoms with Crippen LogP contribution < -0.4 is 10.9 Å². The zero-order chi connectivity index (χ0) is 18.7. The molecule has 5 nitrogen and oxygen atoms in total. The van der Waals surface area contributed by atoms with Crippen molar-refractivity contribution in [2.24, 2.45) is 0 Å². The molecule has 0 spiro atoms. The van der Waals surface area contributed by atoms with Crippen molar-refractivity contribution in [1.29, 1.82) is 0 Å². The third-order valence-electron chi connectivity index (χ3n) is 4.27. The van der Waals surface area contributed by atoms with Crippen molar-refractivity contribution >= 4 is 28.2 Å². The van der Waals surface area contributed by atoms with Gasteiger partial charge in [0.15, 0.2) is 5.11 Å². The maximum Gasteiger partial charge on any atom is 0.253 e. The van der Waals surface area contributed by atoms with Crippen LogP contribution in [0.1, 0.15) is 29.4 Å². The molecule has 1 aromatic carbocycles. The zero-order valence-electron chi connectivity index (χ0n) is 15.3. The van der Waals surface area contributed by atoms with Gasteiger partial charge in [0.2, 0.25) is 0 Å². The Morgan fingerprint density at radius 3 is 2.77 bits per heavy atom. The van der Waals surface area contributed by atoms with Crippen LogP contribution in [0.4, 0.5) is 0 Å². The van der Waals surface area contributed by atoms with Gasteiger partial charge in [-0.15, -0.1) is 0 Å². The van der Waals surface area contributed by atoms with Crippen LogP contribution in [0, 0.1) is 13.8 Å². The van der Waals surface area contributed by atoms with Crippen LogP contribution >= 0.6 is 12.2 Å². The predicted molar refractivity (Wildman–Crippen MR) is 108 cm³/mol. The maximum absolute atomic E-state index is 12.6. The van der Waals surface area contributed by atoms with E-state index in [1.807, 2.05) is 36.9 Å². The summed E-state index contributed by atoms with van der Waals surface area (Å²) in [5.74, 6) is 0.800. The number of nitrogens with zero attached hydrogens (tertiary/aromatic N) is 1. The standard InChI is InChI=1S/C20H23N3O2S/c1-4-21-20(26)23(12-17-6-5-7-25-17)11-16-10-15-9-13(2)8-14(3)18(15)22-19(16)24/h5-10H,4,11-12H2,1-3H3,(H,21,26)(H,22,24). The van der Waals surface area contributed by atoms with Gasteiger partial charge in [-0.1, -0.05) is 11.6 Å². The Balaban J connectivity index is 1.96. The lowest BCUT2D eigenvalue weighted by Crippen LogP contribution is -2.39. The molecule has 136 valence electrons. The van der Waals surface area contributed by atoms with E-state index in [1.165, 1.54) is 5.56 Å². The molecule has 2 aromatic heterocycles. The average molecular weight is 369 g/mol. The molecule has 0 bridgehead atoms. The molecular formula is C20H23N3O2S. The summed E-state index contributed by atoms with van der Waals surface area (Å²) in [6, 6.07) is 9.86. The summed E-state index contributed by atoms with van der Waals surface area (Å²) in [7, 11) is 0. The molecule has 0 unspecified atom stereocenters. The molecular weight excluding hydrogens is 346 g/mol. The third kappa shape index (κ3) is 3.96. The van der Waals surface area contributed by atoms with E-state index in [-0.39, 0.29) is 5.56 Å². The van der Waals surface area contributed by atoms with Gasteiger partial charge in [0.1, 0.15) is 5.76 Å². The summed E-state index contributed by atoms with van der Waals surface area (Å²) in [5, 5.41) is 4.79. The zero-order valence-corrected chi connectivity index (χ0v) is 16.1. The summed E-state index contributed by atoms with van der Waals surface area (Å²) in [6.45, 7) is 7.69. The second kappa shape index (κ2) is 7.74. The number of thiocarbonyl (C=S) groups is 1. The minimum Gasteiger partial charge on any atom is -0.467 e. The van der Waals surface area contributed by atoms with E-state index in [1.54, 1.807) is 6.26 Å². The van der Waals surface area contributed by atoms with E-state index in [2.05, 4.69) is 29.4 Å². The van der Waals surface area contributed by atoms with E-state index in [0.717, 1.165) is 28.8 Å². The van der Waals surface area contributed by atoms with Gasteiger partial charge in [0.25, 0.3) is 5.56 Å². The molecule has 0 fully saturated rings. The summed E-state index contributed by atoms with van der Waals surface area (Å²) in [4.78, 5) is 17.6. The minimum absolute atomic E-state index is 0.0896. The van der Waals surface area contributed by atoms with Crippen LogP contribution in [0.5, 0.6) is 0 Å². The first-order chi connectivity index (χ1) is 12.5. The van der Waals surface area contributed by atoms with Crippen LogP contribution in [0.2, 0.25) is 0 Å². The molecule has 0 aliphatic carbocycles. The fraction of sp³-hybridized carbons (Fsp3) is 0.300. The lowest BCUT2D eigenvalue weighted by atomic mass is 10.1. The van der Waals surface area contributed by atoms with Gasteiger partial charge in [-0.2, -0.15) is 0 Å². The lowest BCUT2D eigenvalue weighted by molar-refractivity contribution is 0.351. The summed E-state index contributed by atoms with van der Waals surface area (Å²) in [6.07, 6.45) is 1.64. The van der Waals surface area contributed by atoms with Gasteiger partial charge in [-0.3, -0.25) is 4.79 Å². The highest BCUT2D eigenvalue weighted by molar-refractivity contribution is 7.80. The number of rotatable bonds is 5. The van der Waals surface area contributed by atoms with Crippen LogP contribution in [-0.2, 0) is 13.1 Å². The monoisotopic (exact) mass is 369 g/mol. The number of aromatic nitrogens is 1. The number of nitrogens with one attached hydrogen (secondary N) is 2. The molecule has 3 rings (SSSR count). The molecule has 26 heavy (non-hydrogen) atoms. The van der Waals surface area contributed by atoms with Crippen molar-refractivity contribution in [1.82, 2.24) is 15.2 Å². The second-order valence-corrected chi connectivity index (χ2v) is 6.83. The molecule has 6 heteroatoms. The first-order valence-electron chi connectivity index (χ1n) is 8.66. The average Bonchev–Trinajstić information content (AvgIpc) is 3.09. The predicted octanol–water partition coefficient (Wildman–Crippen LogP) is 3.63. The third-order valence-corrected chi connectivity index (χ3v) is 4.68. The number of pyridine rings is 1. The lowest BCUT2D eigenvalue weighted by Gasteiger charge is -2.24. The fourth-order valence-corrected chi connectivity index (χ4v) is 3.38. The topological polar surface area (TPSA) is 61.3 Å². The van der Waals surface area contributed by atoms with Crippen molar-refractivity contribution in [3.05, 3.63) is 69.4 Å². The normalized spacial score (nSPS) is 10.9. The number of aryl methyl sites for hydroxylation is 2. The SMILES string of the molecule is CCNC(=S)N(Cc1ccco1)Cc1cc2cc(C)cc(C)c2[nH]c1=O. The van der Waals surface area contributed by atoms with Crippen LogP contribution in [0.15, 0.2) is 45.8 Å². The van der Waals surface area contributed by atoms with Gasteiger partial charge < -0.3 is 19.6 Å². The minimum atomic E-state index is -0.0896. The highest BCUT2D eigenvalue weighted by Gasteiger charge is 2.15. The van der Waals surface area contributed by atoms with E-state index in [9.17, 15) is 4.79 Å². The number of H-pyrrole nitrogens is 1. The molecule has 0 radical (unpaired) electrons. The first kappa shape index (κ1) is 18.2. The van der Waals surface area contributed by atoms with Gasteiger partial charge in [-0.05, 0) is 68.2 Å². The van der Waals surface area contributed by atoms with Crippen molar-refractivity contribution < 1.29 is 4.42 Å². The molecule has 0 aliphatic rings. The van der Waals surface area contributed by atoms with Crippen molar-refractivity contribution in [3.63, 3.8) is 0 Å². The highest BCUT2D eigenvalue weighted by Crippen LogP contribution is 2.19. The Kier molecular flexibility index (Phi) is 5.42. The summed E-state index contributed by atoms with van der Waals surface area (Å²) < 4.78 is 5.45. The molecule has 0 saturated heterocycles. The second-order valence-electron chi connectivity index (χ2n) is 6.44. The maximum atomic E-state index is 12.6. The summed E-state index contributed by atoms with van der Waals surface area (Å²) >= 11 is 5.49. The van der Waals surface area contributed by atoms with Crippen molar-refractivity contribution in [3.8, 4) is 0 Å². The Bertz CT molecular complexity index is 977. The van der Waals surface area contributed by atoms with Crippen LogP contribution in [0.25, 0.3) is 10.9 Å². The van der Waals surface area contributed by atoms with Gasteiger partial charge >= 0.3 is 0 Å².